The van der Waals surface area contributed by atoms with E-state index >= 15 is 0 Å². The van der Waals surface area contributed by atoms with Gasteiger partial charge in [-0.1, -0.05) is 17.7 Å². The summed E-state index contributed by atoms with van der Waals surface area (Å²) in [6.45, 7) is 0.924. The summed E-state index contributed by atoms with van der Waals surface area (Å²) in [6, 6.07) is 9.39. The Morgan fingerprint density at radius 2 is 2.00 bits per heavy atom. The monoisotopic (exact) mass is 290 g/mol. The third-order valence-electron chi connectivity index (χ3n) is 2.84. The number of carbonyl (C=O) groups is 1. The second-order valence-corrected chi connectivity index (χ2v) is 4.92. The lowest BCUT2D eigenvalue weighted by Crippen LogP contribution is -2.32. The van der Waals surface area contributed by atoms with Crippen molar-refractivity contribution >= 4 is 23.3 Å². The fraction of sp³-hybridized carbons (Fsp3) is 0.267. The second kappa shape index (κ2) is 7.60. The first-order chi connectivity index (χ1) is 9.74. The molecule has 2 heterocycles. The van der Waals surface area contributed by atoms with E-state index in [2.05, 4.69) is 14.9 Å². The summed E-state index contributed by atoms with van der Waals surface area (Å²) in [6.07, 6.45) is 7.88. The fourth-order valence-electron chi connectivity index (χ4n) is 1.82. The lowest BCUT2D eigenvalue weighted by atomic mass is 10.2. The normalized spacial score (nSPS) is 10.2. The summed E-state index contributed by atoms with van der Waals surface area (Å²) >= 11 is 5.73. The van der Waals surface area contributed by atoms with Gasteiger partial charge in [0.25, 0.3) is 0 Å². The zero-order valence-corrected chi connectivity index (χ0v) is 11.9. The van der Waals surface area contributed by atoms with E-state index in [0.29, 0.717) is 17.3 Å². The minimum Gasteiger partial charge on any atom is -0.311 e. The standard InChI is InChI=1S/C15H16ClN3O/c16-13-7-8-14(17-12-13)18-15(20)6-2-5-11-19-9-3-1-4-10-19/h1,3-4,7-10,12H,2,5-6,11H2/p+1. The quantitative estimate of drug-likeness (QED) is 0.657. The molecule has 1 amide bonds. The molecule has 20 heavy (non-hydrogen) atoms. The van der Waals surface area contributed by atoms with E-state index in [9.17, 15) is 4.79 Å². The van der Waals surface area contributed by atoms with E-state index in [1.807, 2.05) is 30.6 Å². The molecule has 0 bridgehead atoms. The Labute approximate surface area is 123 Å². The van der Waals surface area contributed by atoms with Crippen LogP contribution in [0.1, 0.15) is 19.3 Å². The third kappa shape index (κ3) is 4.97. The van der Waals surface area contributed by atoms with Crippen LogP contribution in [0, 0.1) is 0 Å². The van der Waals surface area contributed by atoms with Gasteiger partial charge in [0.15, 0.2) is 12.4 Å². The molecule has 0 radical (unpaired) electrons. The molecule has 104 valence electrons. The van der Waals surface area contributed by atoms with E-state index in [0.717, 1.165) is 19.4 Å². The SMILES string of the molecule is O=C(CCCC[n+]1ccccc1)Nc1ccc(Cl)cn1. The van der Waals surface area contributed by atoms with Gasteiger partial charge in [0.1, 0.15) is 12.4 Å². The summed E-state index contributed by atoms with van der Waals surface area (Å²) < 4.78 is 2.11. The lowest BCUT2D eigenvalue weighted by molar-refractivity contribution is -0.697. The molecule has 2 aromatic rings. The molecule has 4 nitrogen and oxygen atoms in total. The Hall–Kier alpha value is -1.94. The molecule has 0 atom stereocenters. The van der Waals surface area contributed by atoms with Gasteiger partial charge >= 0.3 is 0 Å². The Kier molecular flexibility index (Phi) is 5.50. The molecule has 5 heteroatoms. The number of nitrogens with zero attached hydrogens (tertiary/aromatic N) is 2. The number of rotatable bonds is 6. The molecule has 0 saturated carbocycles. The number of aryl methyl sites for hydroxylation is 1. The average Bonchev–Trinajstić information content (AvgIpc) is 2.47. The minimum atomic E-state index is -0.0158. The van der Waals surface area contributed by atoms with Gasteiger partial charge in [-0.15, -0.1) is 0 Å². The van der Waals surface area contributed by atoms with Crippen LogP contribution in [0.2, 0.25) is 5.02 Å². The molecule has 0 fully saturated rings. The van der Waals surface area contributed by atoms with Crippen molar-refractivity contribution in [2.24, 2.45) is 0 Å². The Bertz CT molecular complexity index is 543. The molecular formula is C15H17ClN3O+. The topological polar surface area (TPSA) is 45.9 Å². The molecule has 1 N–H and O–H groups in total. The highest BCUT2D eigenvalue weighted by Crippen LogP contribution is 2.10. The van der Waals surface area contributed by atoms with Crippen LogP contribution < -0.4 is 9.88 Å². The van der Waals surface area contributed by atoms with Crippen LogP contribution in [-0.4, -0.2) is 10.9 Å². The molecule has 2 rings (SSSR count). The van der Waals surface area contributed by atoms with Crippen molar-refractivity contribution in [3.8, 4) is 0 Å². The zero-order chi connectivity index (χ0) is 14.2. The molecule has 0 saturated heterocycles. The van der Waals surface area contributed by atoms with Crippen molar-refractivity contribution in [2.45, 2.75) is 25.8 Å². The number of amides is 1. The van der Waals surface area contributed by atoms with Crippen molar-refractivity contribution in [2.75, 3.05) is 5.32 Å². The van der Waals surface area contributed by atoms with E-state index < -0.39 is 0 Å². The van der Waals surface area contributed by atoms with Gasteiger partial charge in [-0.2, -0.15) is 0 Å². The van der Waals surface area contributed by atoms with Crippen molar-refractivity contribution < 1.29 is 9.36 Å². The number of anilines is 1. The van der Waals surface area contributed by atoms with Crippen LogP contribution in [0.15, 0.2) is 48.9 Å². The van der Waals surface area contributed by atoms with Gasteiger partial charge in [0.2, 0.25) is 5.91 Å². The lowest BCUT2D eigenvalue weighted by Gasteiger charge is -2.03. The summed E-state index contributed by atoms with van der Waals surface area (Å²) in [7, 11) is 0. The highest BCUT2D eigenvalue weighted by atomic mass is 35.5. The van der Waals surface area contributed by atoms with Crippen molar-refractivity contribution in [1.82, 2.24) is 4.98 Å². The van der Waals surface area contributed by atoms with Gasteiger partial charge in [-0.3, -0.25) is 4.79 Å². The first-order valence-electron chi connectivity index (χ1n) is 6.59. The Morgan fingerprint density at radius 3 is 2.70 bits per heavy atom. The molecule has 0 aliphatic rings. The van der Waals surface area contributed by atoms with Crippen molar-refractivity contribution in [1.29, 1.82) is 0 Å². The predicted octanol–water partition coefficient (Wildman–Crippen LogP) is 2.83. The summed E-state index contributed by atoms with van der Waals surface area (Å²) in [4.78, 5) is 15.7. The van der Waals surface area contributed by atoms with Crippen LogP contribution in [-0.2, 0) is 11.3 Å². The third-order valence-corrected chi connectivity index (χ3v) is 3.07. The van der Waals surface area contributed by atoms with Gasteiger partial charge in [-0.05, 0) is 18.6 Å². The highest BCUT2D eigenvalue weighted by Gasteiger charge is 2.04. The van der Waals surface area contributed by atoms with Crippen LogP contribution in [0.3, 0.4) is 0 Å². The maximum Gasteiger partial charge on any atom is 0.225 e. The number of halogens is 1. The summed E-state index contributed by atoms with van der Waals surface area (Å²) in [5, 5.41) is 3.31. The van der Waals surface area contributed by atoms with E-state index in [4.69, 9.17) is 11.6 Å². The number of hydrogen-bond donors (Lipinski definition) is 1. The van der Waals surface area contributed by atoms with Gasteiger partial charge in [0, 0.05) is 31.2 Å². The molecule has 0 aromatic carbocycles. The smallest absolute Gasteiger partial charge is 0.225 e. The minimum absolute atomic E-state index is 0.0158. The summed E-state index contributed by atoms with van der Waals surface area (Å²) in [5.41, 5.74) is 0. The van der Waals surface area contributed by atoms with Crippen molar-refractivity contribution in [3.63, 3.8) is 0 Å². The first kappa shape index (κ1) is 14.5. The molecular weight excluding hydrogens is 274 g/mol. The number of carbonyl (C=O) groups excluding carboxylic acids is 1. The zero-order valence-electron chi connectivity index (χ0n) is 11.1. The molecule has 0 spiro atoms. The number of nitrogens with one attached hydrogen (secondary N) is 1. The Balaban J connectivity index is 1.66. The fourth-order valence-corrected chi connectivity index (χ4v) is 1.93. The number of aromatic nitrogens is 2. The number of pyridine rings is 2. The molecule has 0 aliphatic heterocycles. The first-order valence-corrected chi connectivity index (χ1v) is 6.97. The summed E-state index contributed by atoms with van der Waals surface area (Å²) in [5.74, 6) is 0.523. The maximum absolute atomic E-state index is 11.7. The largest absolute Gasteiger partial charge is 0.311 e. The maximum atomic E-state index is 11.7. The number of hydrogen-bond acceptors (Lipinski definition) is 2. The van der Waals surface area contributed by atoms with Gasteiger partial charge in [0.05, 0.1) is 5.02 Å². The van der Waals surface area contributed by atoms with Crippen molar-refractivity contribution in [3.05, 3.63) is 53.9 Å². The van der Waals surface area contributed by atoms with E-state index in [1.165, 1.54) is 6.20 Å². The van der Waals surface area contributed by atoms with Crippen LogP contribution in [0.25, 0.3) is 0 Å². The number of unbranched alkanes of at least 4 members (excludes halogenated alkanes) is 1. The van der Waals surface area contributed by atoms with Crippen LogP contribution >= 0.6 is 11.6 Å². The average molecular weight is 291 g/mol. The van der Waals surface area contributed by atoms with Gasteiger partial charge in [-0.25, -0.2) is 9.55 Å². The van der Waals surface area contributed by atoms with E-state index in [1.54, 1.807) is 12.1 Å². The molecule has 0 aliphatic carbocycles. The Morgan fingerprint density at radius 1 is 1.20 bits per heavy atom. The second-order valence-electron chi connectivity index (χ2n) is 4.48. The highest BCUT2D eigenvalue weighted by molar-refractivity contribution is 6.30. The van der Waals surface area contributed by atoms with Crippen LogP contribution in [0.5, 0.6) is 0 Å². The predicted molar refractivity (Wildman–Crippen MR) is 78.4 cm³/mol. The van der Waals surface area contributed by atoms with Gasteiger partial charge < -0.3 is 5.32 Å². The van der Waals surface area contributed by atoms with Crippen LogP contribution in [0.4, 0.5) is 5.82 Å². The van der Waals surface area contributed by atoms with E-state index in [-0.39, 0.29) is 5.91 Å². The molecule has 2 aromatic heterocycles. The molecule has 0 unspecified atom stereocenters.